The summed E-state index contributed by atoms with van der Waals surface area (Å²) in [6.45, 7) is 5.21. The van der Waals surface area contributed by atoms with Gasteiger partial charge in [-0.2, -0.15) is 0 Å². The maximum atomic E-state index is 6.09. The Hall–Kier alpha value is -6.01. The number of rotatable bonds is 10. The van der Waals surface area contributed by atoms with Gasteiger partial charge in [-0.3, -0.25) is 0 Å². The summed E-state index contributed by atoms with van der Waals surface area (Å²) in [5, 5.41) is 4.88. The van der Waals surface area contributed by atoms with Crippen molar-refractivity contribution in [2.75, 3.05) is 13.2 Å². The molecule has 2 aromatic heterocycles. The van der Waals surface area contributed by atoms with Crippen molar-refractivity contribution in [2.24, 2.45) is 0 Å². The molecule has 297 valence electrons. The van der Waals surface area contributed by atoms with Crippen molar-refractivity contribution in [2.45, 2.75) is 13.8 Å². The van der Waals surface area contributed by atoms with E-state index in [1.54, 1.807) is 17.9 Å². The van der Waals surface area contributed by atoms with Crippen LogP contribution in [0.25, 0.3) is 56.7 Å². The van der Waals surface area contributed by atoms with Crippen molar-refractivity contribution in [3.63, 3.8) is 0 Å². The van der Waals surface area contributed by atoms with Gasteiger partial charge in [-0.1, -0.05) is 24.3 Å². The fourth-order valence-corrected chi connectivity index (χ4v) is 14.6. The van der Waals surface area contributed by atoms with Crippen LogP contribution in [0.5, 0.6) is 0 Å². The SMILES string of the molecule is CC=C1COCC1=CC(/C=C/c1c2nsnc2c(/C=C/C)c2nc(-c3ccccc3)c(-c3ccccc3)nc12)=C([C]#[Os])[P+](c1ccccc1)(c1ccccc1)c1ccccc1. The van der Waals surface area contributed by atoms with Crippen molar-refractivity contribution in [1.82, 2.24) is 18.7 Å². The Balaban J connectivity index is 1.40. The van der Waals surface area contributed by atoms with E-state index in [2.05, 4.69) is 157 Å². The summed E-state index contributed by atoms with van der Waals surface area (Å²) in [6, 6.07) is 53.5. The third kappa shape index (κ3) is 7.66. The van der Waals surface area contributed by atoms with E-state index >= 15 is 0 Å². The Kier molecular flexibility index (Phi) is 12.1. The van der Waals surface area contributed by atoms with E-state index in [0.717, 1.165) is 72.2 Å². The van der Waals surface area contributed by atoms with Gasteiger partial charge in [-0.05, 0) is 0 Å². The molecule has 0 aliphatic carbocycles. The molecule has 0 spiro atoms. The van der Waals surface area contributed by atoms with Crippen LogP contribution in [0.3, 0.4) is 0 Å². The van der Waals surface area contributed by atoms with Crippen molar-refractivity contribution >= 4 is 69.1 Å². The van der Waals surface area contributed by atoms with Gasteiger partial charge >= 0.3 is 349 Å². The minimum absolute atomic E-state index is 0.527. The van der Waals surface area contributed by atoms with Crippen LogP contribution in [0.15, 0.2) is 198 Å². The van der Waals surface area contributed by atoms with Gasteiger partial charge in [0.05, 0.1) is 0 Å². The fraction of sp³-hybridized carbons (Fsp3) is 0.0755. The van der Waals surface area contributed by atoms with Crippen LogP contribution in [-0.2, 0) is 22.7 Å². The summed E-state index contributed by atoms with van der Waals surface area (Å²) in [7, 11) is -2.56. The molecule has 0 bridgehead atoms. The first-order valence-electron chi connectivity index (χ1n) is 20.2. The summed E-state index contributed by atoms with van der Waals surface area (Å²) in [4.78, 5) is 11.1. The molecule has 8 heteroatoms. The molecule has 1 saturated heterocycles. The molecule has 6 aromatic carbocycles. The van der Waals surface area contributed by atoms with Crippen molar-refractivity contribution in [3.05, 3.63) is 209 Å². The van der Waals surface area contributed by atoms with Gasteiger partial charge in [-0.15, -0.1) is 0 Å². The Bertz CT molecular complexity index is 2970. The molecule has 3 heterocycles. The maximum absolute atomic E-state index is 6.09. The number of allylic oxidation sites excluding steroid dienone is 6. The van der Waals surface area contributed by atoms with E-state index < -0.39 is 7.26 Å². The molecule has 8 aromatic rings. The van der Waals surface area contributed by atoms with Gasteiger partial charge in [0.25, 0.3) is 0 Å². The van der Waals surface area contributed by atoms with Crippen LogP contribution in [0, 0.1) is 4.37 Å². The topological polar surface area (TPSA) is 60.8 Å². The number of nitrogens with zero attached hydrogens (tertiary/aromatic N) is 4. The molecule has 1 fully saturated rings. The average Bonchev–Trinajstić information content (AvgIpc) is 4.01. The Labute approximate surface area is 371 Å². The molecule has 5 nitrogen and oxygen atoms in total. The summed E-state index contributed by atoms with van der Waals surface area (Å²) >= 11 is 3.00. The van der Waals surface area contributed by atoms with E-state index in [1.807, 2.05) is 49.4 Å². The molecule has 0 radical (unpaired) electrons. The Morgan fingerprint density at radius 3 is 1.48 bits per heavy atom. The number of aromatic nitrogens is 4. The Morgan fingerprint density at radius 2 is 1.03 bits per heavy atom. The number of ether oxygens (including phenoxy) is 1. The normalized spacial score (nSPS) is 15.0. The van der Waals surface area contributed by atoms with E-state index in [0.29, 0.717) is 13.2 Å². The Morgan fingerprint density at radius 1 is 0.590 bits per heavy atom. The first-order chi connectivity index (χ1) is 30.1. The zero-order valence-corrected chi connectivity index (χ0v) is 38.0. The molecule has 1 aliphatic rings. The summed E-state index contributed by atoms with van der Waals surface area (Å²) in [5.74, 6) is 0. The molecule has 0 atom stereocenters. The average molecular weight is 1000 g/mol. The molecule has 0 N–H and O–H groups in total. The summed E-state index contributed by atoms with van der Waals surface area (Å²) in [6.07, 6.45) is 13.0. The molecule has 61 heavy (non-hydrogen) atoms. The third-order valence-electron chi connectivity index (χ3n) is 11.0. The number of hydrogen-bond donors (Lipinski definition) is 0. The van der Waals surface area contributed by atoms with E-state index in [4.69, 9.17) is 23.5 Å². The van der Waals surface area contributed by atoms with Crippen LogP contribution in [0.4, 0.5) is 0 Å². The zero-order valence-electron chi connectivity index (χ0n) is 33.7. The minimum atomic E-state index is -2.56. The fourth-order valence-electron chi connectivity index (χ4n) is 8.16. The third-order valence-corrected chi connectivity index (χ3v) is 16.9. The monoisotopic (exact) mass is 1000 g/mol. The second-order valence-electron chi connectivity index (χ2n) is 14.5. The summed E-state index contributed by atoms with van der Waals surface area (Å²) in [5.41, 5.74) is 11.9. The second kappa shape index (κ2) is 18.3. The summed E-state index contributed by atoms with van der Waals surface area (Å²) < 4.78 is 19.8. The van der Waals surface area contributed by atoms with Crippen LogP contribution >= 0.6 is 19.0 Å². The van der Waals surface area contributed by atoms with Crippen molar-refractivity contribution in [1.29, 1.82) is 0 Å². The van der Waals surface area contributed by atoms with E-state index in [-0.39, 0.29) is 0 Å². The van der Waals surface area contributed by atoms with Crippen LogP contribution in [0.2, 0.25) is 0 Å². The van der Waals surface area contributed by atoms with Crippen LogP contribution in [0.1, 0.15) is 25.0 Å². The molecular formula is C53H41N4OOsPS+. The molecule has 0 amide bonds. The van der Waals surface area contributed by atoms with Crippen molar-refractivity contribution in [3.8, 4) is 26.9 Å². The molecule has 1 aliphatic heterocycles. The zero-order chi connectivity index (χ0) is 41.6. The quantitative estimate of drug-likeness (QED) is 0.101. The van der Waals surface area contributed by atoms with Gasteiger partial charge < -0.3 is 0 Å². The number of fused-ring (bicyclic) bond motifs is 2. The van der Waals surface area contributed by atoms with Gasteiger partial charge in [0.15, 0.2) is 0 Å². The van der Waals surface area contributed by atoms with E-state index in [1.165, 1.54) is 33.2 Å². The van der Waals surface area contributed by atoms with E-state index in [9.17, 15) is 0 Å². The van der Waals surface area contributed by atoms with Gasteiger partial charge in [0.2, 0.25) is 0 Å². The predicted molar refractivity (Wildman–Crippen MR) is 254 cm³/mol. The van der Waals surface area contributed by atoms with Crippen molar-refractivity contribution < 1.29 is 22.7 Å². The molecule has 0 unspecified atom stereocenters. The van der Waals surface area contributed by atoms with Gasteiger partial charge in [0, 0.05) is 0 Å². The number of hydrogen-bond acceptors (Lipinski definition) is 6. The number of benzene rings is 6. The standard InChI is InChI=1S/C53H41N4OPS.Os/c1-4-21-46-50-51(55-49(40-24-13-7-14-25-40)48(54-50)39-22-11-6-12-23-39)47(53-52(46)56-60-57-53)33-32-41(34-42-36-58-35-38(42)5-2)37(3)59(43-26-15-8-16-27-43,44-28-17-9-18-29-44)45-30-19-10-20-31-45;/h4-34H,35-36H2,1-2H3;/q+1;/b21-4+,33-32+,38-5?,41-37?,42-34?;. The van der Waals surface area contributed by atoms with Gasteiger partial charge in [-0.25, -0.2) is 0 Å². The predicted octanol–water partition coefficient (Wildman–Crippen LogP) is 11.7. The molecule has 9 rings (SSSR count). The molecular weight excluding hydrogens is 962 g/mol. The molecule has 0 saturated carbocycles. The van der Waals surface area contributed by atoms with Crippen LogP contribution in [-0.4, -0.2) is 31.9 Å². The first kappa shape index (κ1) is 40.4. The van der Waals surface area contributed by atoms with Gasteiger partial charge in [0.1, 0.15) is 0 Å². The second-order valence-corrected chi connectivity index (χ2v) is 19.0. The van der Waals surface area contributed by atoms with Crippen LogP contribution < -0.4 is 15.9 Å². The first-order valence-corrected chi connectivity index (χ1v) is 24.0.